The maximum Gasteiger partial charge on any atom is 0.360 e. The second-order valence-corrected chi connectivity index (χ2v) is 3.65. The Labute approximate surface area is 77.8 Å². The molecule has 0 atom stereocenters. The Bertz CT molecular complexity index is 238. The first kappa shape index (κ1) is 11.8. The van der Waals surface area contributed by atoms with Crippen molar-refractivity contribution in [2.75, 3.05) is 0 Å². The van der Waals surface area contributed by atoms with Crippen LogP contribution in [-0.4, -0.2) is 23.1 Å². The van der Waals surface area contributed by atoms with Gasteiger partial charge in [-0.3, -0.25) is 10.2 Å². The number of esters is 1. The zero-order chi connectivity index (χ0) is 10.6. The number of ether oxygens (including phenoxy) is 1. The standard InChI is InChI=1S/C9H15NO3/c1-5-6(11)7(10)8(12)13-9(2,3)4/h10H,5H2,1-4H3. The van der Waals surface area contributed by atoms with E-state index < -0.39 is 23.1 Å². The van der Waals surface area contributed by atoms with E-state index in [1.165, 1.54) is 0 Å². The van der Waals surface area contributed by atoms with Gasteiger partial charge in [-0.1, -0.05) is 6.92 Å². The molecule has 0 aromatic rings. The Hall–Kier alpha value is -1.19. The summed E-state index contributed by atoms with van der Waals surface area (Å²) < 4.78 is 4.84. The highest BCUT2D eigenvalue weighted by atomic mass is 16.6. The van der Waals surface area contributed by atoms with Crippen LogP contribution >= 0.6 is 0 Å². The molecule has 0 bridgehead atoms. The number of carbonyl (C=O) groups is 2. The Balaban J connectivity index is 4.30. The molecule has 13 heavy (non-hydrogen) atoms. The van der Waals surface area contributed by atoms with Crippen molar-refractivity contribution in [2.45, 2.75) is 39.7 Å². The van der Waals surface area contributed by atoms with Gasteiger partial charge in [0.25, 0.3) is 0 Å². The van der Waals surface area contributed by atoms with Gasteiger partial charge in [-0.2, -0.15) is 0 Å². The van der Waals surface area contributed by atoms with Crippen molar-refractivity contribution < 1.29 is 14.3 Å². The van der Waals surface area contributed by atoms with Gasteiger partial charge in [0, 0.05) is 6.42 Å². The highest BCUT2D eigenvalue weighted by Gasteiger charge is 2.23. The zero-order valence-electron chi connectivity index (χ0n) is 8.43. The number of ketones is 1. The summed E-state index contributed by atoms with van der Waals surface area (Å²) in [5.74, 6) is -1.34. The van der Waals surface area contributed by atoms with Gasteiger partial charge in [0.15, 0.2) is 11.5 Å². The maximum absolute atomic E-state index is 11.1. The second kappa shape index (κ2) is 4.16. The molecular formula is C9H15NO3. The minimum atomic E-state index is -0.848. The fourth-order valence-electron chi connectivity index (χ4n) is 0.620. The summed E-state index contributed by atoms with van der Waals surface area (Å²) in [6.07, 6.45) is 0.151. The first-order valence-corrected chi connectivity index (χ1v) is 4.13. The number of hydrogen-bond acceptors (Lipinski definition) is 4. The maximum atomic E-state index is 11.1. The van der Waals surface area contributed by atoms with Crippen LogP contribution < -0.4 is 0 Å². The van der Waals surface area contributed by atoms with E-state index in [4.69, 9.17) is 10.1 Å². The highest BCUT2D eigenvalue weighted by molar-refractivity contribution is 6.63. The number of nitrogens with one attached hydrogen (secondary N) is 1. The second-order valence-electron chi connectivity index (χ2n) is 3.65. The van der Waals surface area contributed by atoms with Crippen molar-refractivity contribution in [3.63, 3.8) is 0 Å². The minimum absolute atomic E-state index is 0.151. The van der Waals surface area contributed by atoms with Crippen LogP contribution in [0.1, 0.15) is 34.1 Å². The van der Waals surface area contributed by atoms with Crippen LogP contribution in [-0.2, 0) is 14.3 Å². The lowest BCUT2D eigenvalue weighted by molar-refractivity contribution is -0.146. The molecule has 0 fully saturated rings. The Morgan fingerprint density at radius 1 is 1.31 bits per heavy atom. The van der Waals surface area contributed by atoms with Crippen LogP contribution in [0.3, 0.4) is 0 Å². The molecule has 0 saturated carbocycles. The van der Waals surface area contributed by atoms with Crippen molar-refractivity contribution in [3.8, 4) is 0 Å². The summed E-state index contributed by atoms with van der Waals surface area (Å²) in [5, 5.41) is 7.16. The smallest absolute Gasteiger partial charge is 0.360 e. The van der Waals surface area contributed by atoms with Gasteiger partial charge in [0.05, 0.1) is 0 Å². The molecule has 0 aromatic carbocycles. The lowest BCUT2D eigenvalue weighted by atomic mass is 10.1. The van der Waals surface area contributed by atoms with Crippen LogP contribution in [0.2, 0.25) is 0 Å². The Morgan fingerprint density at radius 3 is 2.08 bits per heavy atom. The van der Waals surface area contributed by atoms with Crippen molar-refractivity contribution in [1.82, 2.24) is 0 Å². The molecule has 74 valence electrons. The minimum Gasteiger partial charge on any atom is -0.455 e. The molecule has 1 N–H and O–H groups in total. The van der Waals surface area contributed by atoms with Gasteiger partial charge >= 0.3 is 5.97 Å². The van der Waals surface area contributed by atoms with Gasteiger partial charge in [-0.05, 0) is 20.8 Å². The first-order chi connectivity index (χ1) is 5.78. The summed E-state index contributed by atoms with van der Waals surface area (Å²) in [6, 6.07) is 0. The van der Waals surface area contributed by atoms with E-state index in [-0.39, 0.29) is 6.42 Å². The molecule has 0 radical (unpaired) electrons. The quantitative estimate of drug-likeness (QED) is 0.409. The topological polar surface area (TPSA) is 67.2 Å². The number of rotatable bonds is 3. The summed E-state index contributed by atoms with van der Waals surface area (Å²) >= 11 is 0. The molecule has 4 nitrogen and oxygen atoms in total. The average Bonchev–Trinajstić information content (AvgIpc) is 1.98. The zero-order valence-corrected chi connectivity index (χ0v) is 8.43. The van der Waals surface area contributed by atoms with Gasteiger partial charge < -0.3 is 4.74 Å². The fourth-order valence-corrected chi connectivity index (χ4v) is 0.620. The molecule has 0 aliphatic rings. The summed E-state index contributed by atoms with van der Waals surface area (Å²) in [7, 11) is 0. The van der Waals surface area contributed by atoms with Gasteiger partial charge in [-0.15, -0.1) is 0 Å². The molecule has 0 rings (SSSR count). The number of Topliss-reactive ketones (excluding diaryl/α,β-unsaturated/α-hetero) is 1. The van der Waals surface area contributed by atoms with E-state index in [0.29, 0.717) is 0 Å². The Kier molecular flexibility index (Phi) is 3.78. The molecule has 0 unspecified atom stereocenters. The molecule has 0 aromatic heterocycles. The lowest BCUT2D eigenvalue weighted by Gasteiger charge is -2.19. The van der Waals surface area contributed by atoms with Crippen LogP contribution in [0.4, 0.5) is 0 Å². The van der Waals surface area contributed by atoms with Gasteiger partial charge in [0.1, 0.15) is 5.60 Å². The van der Waals surface area contributed by atoms with E-state index in [9.17, 15) is 9.59 Å². The summed E-state index contributed by atoms with van der Waals surface area (Å²) in [4.78, 5) is 22.0. The van der Waals surface area contributed by atoms with E-state index in [0.717, 1.165) is 0 Å². The van der Waals surface area contributed by atoms with Crippen molar-refractivity contribution >= 4 is 17.5 Å². The predicted octanol–water partition coefficient (Wildman–Crippen LogP) is 1.33. The van der Waals surface area contributed by atoms with Crippen LogP contribution in [0, 0.1) is 5.41 Å². The molecule has 0 amide bonds. The van der Waals surface area contributed by atoms with E-state index in [2.05, 4.69) is 0 Å². The van der Waals surface area contributed by atoms with Gasteiger partial charge in [0.2, 0.25) is 0 Å². The van der Waals surface area contributed by atoms with Crippen molar-refractivity contribution in [2.24, 2.45) is 0 Å². The van der Waals surface area contributed by atoms with Gasteiger partial charge in [-0.25, -0.2) is 4.79 Å². The molecule has 4 heteroatoms. The monoisotopic (exact) mass is 185 g/mol. The predicted molar refractivity (Wildman–Crippen MR) is 48.9 cm³/mol. The number of hydrogen-bond donors (Lipinski definition) is 1. The molecular weight excluding hydrogens is 170 g/mol. The first-order valence-electron chi connectivity index (χ1n) is 4.13. The fraction of sp³-hybridized carbons (Fsp3) is 0.667. The average molecular weight is 185 g/mol. The van der Waals surface area contributed by atoms with E-state index >= 15 is 0 Å². The SMILES string of the molecule is CCC(=O)C(=N)C(=O)OC(C)(C)C. The summed E-state index contributed by atoms with van der Waals surface area (Å²) in [5.41, 5.74) is -1.23. The summed E-state index contributed by atoms with van der Waals surface area (Å²) in [6.45, 7) is 6.67. The van der Waals surface area contributed by atoms with Crippen molar-refractivity contribution in [1.29, 1.82) is 5.41 Å². The normalized spacial score (nSPS) is 10.8. The van der Waals surface area contributed by atoms with Crippen LogP contribution in [0.25, 0.3) is 0 Å². The lowest BCUT2D eigenvalue weighted by Crippen LogP contribution is -2.32. The third-order valence-corrected chi connectivity index (χ3v) is 1.20. The molecule has 0 saturated heterocycles. The van der Waals surface area contributed by atoms with Crippen molar-refractivity contribution in [3.05, 3.63) is 0 Å². The molecule has 0 heterocycles. The van der Waals surface area contributed by atoms with Crippen LogP contribution in [0.15, 0.2) is 0 Å². The number of carbonyl (C=O) groups excluding carboxylic acids is 2. The van der Waals surface area contributed by atoms with E-state index in [1.807, 2.05) is 0 Å². The molecule has 0 spiro atoms. The Morgan fingerprint density at radius 2 is 1.77 bits per heavy atom. The molecule has 0 aliphatic carbocycles. The highest BCUT2D eigenvalue weighted by Crippen LogP contribution is 2.07. The van der Waals surface area contributed by atoms with E-state index in [1.54, 1.807) is 27.7 Å². The van der Waals surface area contributed by atoms with Crippen LogP contribution in [0.5, 0.6) is 0 Å². The molecule has 0 aliphatic heterocycles. The third kappa shape index (κ3) is 4.40. The third-order valence-electron chi connectivity index (χ3n) is 1.20. The largest absolute Gasteiger partial charge is 0.455 e.